The Labute approximate surface area is 88.8 Å². The fourth-order valence-electron chi connectivity index (χ4n) is 1.49. The van der Waals surface area contributed by atoms with Gasteiger partial charge in [0.1, 0.15) is 0 Å². The summed E-state index contributed by atoms with van der Waals surface area (Å²) in [6.07, 6.45) is 1.22. The first-order valence-electron chi connectivity index (χ1n) is 5.55. The first kappa shape index (κ1) is 13.9. The van der Waals surface area contributed by atoms with E-state index in [4.69, 9.17) is 4.74 Å². The van der Waals surface area contributed by atoms with Gasteiger partial charge in [0.2, 0.25) is 0 Å². The summed E-state index contributed by atoms with van der Waals surface area (Å²) in [5.41, 5.74) is 0. The van der Waals surface area contributed by atoms with Gasteiger partial charge in [-0.05, 0) is 32.5 Å². The van der Waals surface area contributed by atoms with Crippen LogP contribution in [0.1, 0.15) is 20.3 Å². The Morgan fingerprint density at radius 1 is 1.29 bits per heavy atom. The smallest absolute Gasteiger partial charge is 0.0587 e. The number of methoxy groups -OCH3 is 1. The minimum absolute atomic E-state index is 0.765. The summed E-state index contributed by atoms with van der Waals surface area (Å²) in [4.78, 5) is 2.39. The van der Waals surface area contributed by atoms with E-state index in [2.05, 4.69) is 31.1 Å². The molecule has 0 aliphatic rings. The van der Waals surface area contributed by atoms with E-state index in [0.717, 1.165) is 25.6 Å². The van der Waals surface area contributed by atoms with Crippen LogP contribution in [-0.2, 0) is 4.74 Å². The predicted molar refractivity (Wildman–Crippen MR) is 61.7 cm³/mol. The Morgan fingerprint density at radius 3 is 2.57 bits per heavy atom. The van der Waals surface area contributed by atoms with Crippen LogP contribution in [0.2, 0.25) is 0 Å². The lowest BCUT2D eigenvalue weighted by atomic mass is 10.2. The highest BCUT2D eigenvalue weighted by molar-refractivity contribution is 4.56. The Balaban J connectivity index is 3.10. The molecule has 0 fully saturated rings. The summed E-state index contributed by atoms with van der Waals surface area (Å²) in [5, 5.41) is 3.34. The fourth-order valence-corrected chi connectivity index (χ4v) is 1.49. The summed E-state index contributed by atoms with van der Waals surface area (Å²) < 4.78 is 4.95. The SMILES string of the molecule is COCCNCCCN(C)CC(C)C. The average molecular weight is 202 g/mol. The molecule has 0 aromatic rings. The van der Waals surface area contributed by atoms with Gasteiger partial charge in [0.05, 0.1) is 6.61 Å². The molecule has 0 radical (unpaired) electrons. The van der Waals surface area contributed by atoms with Gasteiger partial charge in [0, 0.05) is 20.2 Å². The molecule has 0 aliphatic carbocycles. The molecule has 0 aliphatic heterocycles. The zero-order valence-corrected chi connectivity index (χ0v) is 10.2. The third-order valence-corrected chi connectivity index (χ3v) is 2.05. The lowest BCUT2D eigenvalue weighted by Crippen LogP contribution is -2.28. The second-order valence-corrected chi connectivity index (χ2v) is 4.25. The van der Waals surface area contributed by atoms with E-state index in [1.54, 1.807) is 7.11 Å². The van der Waals surface area contributed by atoms with Crippen LogP contribution < -0.4 is 5.32 Å². The maximum Gasteiger partial charge on any atom is 0.0587 e. The molecule has 0 unspecified atom stereocenters. The van der Waals surface area contributed by atoms with E-state index in [-0.39, 0.29) is 0 Å². The van der Waals surface area contributed by atoms with E-state index in [1.165, 1.54) is 19.5 Å². The van der Waals surface area contributed by atoms with Crippen LogP contribution in [0.4, 0.5) is 0 Å². The zero-order valence-electron chi connectivity index (χ0n) is 10.2. The molecule has 1 N–H and O–H groups in total. The summed E-state index contributed by atoms with van der Waals surface area (Å²) in [6.45, 7) is 9.74. The van der Waals surface area contributed by atoms with Crippen LogP contribution in [0.5, 0.6) is 0 Å². The van der Waals surface area contributed by atoms with Crippen LogP contribution >= 0.6 is 0 Å². The second-order valence-electron chi connectivity index (χ2n) is 4.25. The largest absolute Gasteiger partial charge is 0.383 e. The van der Waals surface area contributed by atoms with Gasteiger partial charge in [-0.2, -0.15) is 0 Å². The van der Waals surface area contributed by atoms with E-state index in [9.17, 15) is 0 Å². The normalized spacial score (nSPS) is 11.6. The molecule has 0 aromatic carbocycles. The molecule has 3 heteroatoms. The van der Waals surface area contributed by atoms with Crippen molar-refractivity contribution in [3.05, 3.63) is 0 Å². The van der Waals surface area contributed by atoms with Crippen molar-refractivity contribution in [3.8, 4) is 0 Å². The van der Waals surface area contributed by atoms with Crippen molar-refractivity contribution in [2.24, 2.45) is 5.92 Å². The Morgan fingerprint density at radius 2 is 2.00 bits per heavy atom. The lowest BCUT2D eigenvalue weighted by Gasteiger charge is -2.18. The summed E-state index contributed by atoms with van der Waals surface area (Å²) in [5.74, 6) is 0.765. The first-order chi connectivity index (χ1) is 6.66. The lowest BCUT2D eigenvalue weighted by molar-refractivity contribution is 0.198. The first-order valence-corrected chi connectivity index (χ1v) is 5.55. The van der Waals surface area contributed by atoms with E-state index < -0.39 is 0 Å². The maximum absolute atomic E-state index is 4.95. The average Bonchev–Trinajstić information content (AvgIpc) is 2.10. The molecule has 3 nitrogen and oxygen atoms in total. The van der Waals surface area contributed by atoms with Crippen molar-refractivity contribution in [1.29, 1.82) is 0 Å². The van der Waals surface area contributed by atoms with Crippen molar-refractivity contribution >= 4 is 0 Å². The topological polar surface area (TPSA) is 24.5 Å². The van der Waals surface area contributed by atoms with Crippen LogP contribution in [0.25, 0.3) is 0 Å². The van der Waals surface area contributed by atoms with Crippen LogP contribution in [0.3, 0.4) is 0 Å². The molecule has 0 amide bonds. The van der Waals surface area contributed by atoms with Crippen molar-refractivity contribution in [3.63, 3.8) is 0 Å². The van der Waals surface area contributed by atoms with Gasteiger partial charge in [-0.25, -0.2) is 0 Å². The molecule has 0 saturated carbocycles. The molecule has 0 atom stereocenters. The number of hydrogen-bond donors (Lipinski definition) is 1. The number of hydrogen-bond acceptors (Lipinski definition) is 3. The van der Waals surface area contributed by atoms with Crippen molar-refractivity contribution in [2.75, 3.05) is 46.9 Å². The molecule has 0 heterocycles. The molecule has 0 spiro atoms. The standard InChI is InChI=1S/C11H26N2O/c1-11(2)10-13(3)8-5-6-12-7-9-14-4/h11-12H,5-10H2,1-4H3. The quantitative estimate of drug-likeness (QED) is 0.569. The van der Waals surface area contributed by atoms with E-state index >= 15 is 0 Å². The van der Waals surface area contributed by atoms with Crippen molar-refractivity contribution in [1.82, 2.24) is 10.2 Å². The molecule has 0 rings (SSSR count). The number of ether oxygens (including phenoxy) is 1. The van der Waals surface area contributed by atoms with Gasteiger partial charge in [0.25, 0.3) is 0 Å². The highest BCUT2D eigenvalue weighted by Gasteiger charge is 2.00. The summed E-state index contributed by atoms with van der Waals surface area (Å²) in [7, 11) is 3.92. The predicted octanol–water partition coefficient (Wildman–Crippen LogP) is 1.20. The van der Waals surface area contributed by atoms with Gasteiger partial charge in [-0.3, -0.25) is 0 Å². The van der Waals surface area contributed by atoms with Gasteiger partial charge in [0.15, 0.2) is 0 Å². The van der Waals surface area contributed by atoms with E-state index in [0.29, 0.717) is 0 Å². The summed E-state index contributed by atoms with van der Waals surface area (Å²) >= 11 is 0. The highest BCUT2D eigenvalue weighted by Crippen LogP contribution is 1.95. The van der Waals surface area contributed by atoms with E-state index in [1.807, 2.05) is 0 Å². The Kier molecular flexibility index (Phi) is 9.35. The van der Waals surface area contributed by atoms with Crippen LogP contribution in [-0.4, -0.2) is 51.8 Å². The molecular formula is C11H26N2O. The molecule has 0 aromatic heterocycles. The number of rotatable bonds is 9. The summed E-state index contributed by atoms with van der Waals surface area (Å²) in [6, 6.07) is 0. The zero-order chi connectivity index (χ0) is 10.8. The minimum atomic E-state index is 0.765. The second kappa shape index (κ2) is 9.44. The fraction of sp³-hybridized carbons (Fsp3) is 1.00. The van der Waals surface area contributed by atoms with Gasteiger partial charge < -0.3 is 15.0 Å². The third-order valence-electron chi connectivity index (χ3n) is 2.05. The third kappa shape index (κ3) is 9.96. The maximum atomic E-state index is 4.95. The van der Waals surface area contributed by atoms with Crippen LogP contribution in [0.15, 0.2) is 0 Å². The van der Waals surface area contributed by atoms with Gasteiger partial charge in [-0.1, -0.05) is 13.8 Å². The molecule has 0 bridgehead atoms. The highest BCUT2D eigenvalue weighted by atomic mass is 16.5. The van der Waals surface area contributed by atoms with Crippen molar-refractivity contribution < 1.29 is 4.74 Å². The minimum Gasteiger partial charge on any atom is -0.383 e. The number of nitrogens with one attached hydrogen (secondary N) is 1. The van der Waals surface area contributed by atoms with Crippen molar-refractivity contribution in [2.45, 2.75) is 20.3 Å². The van der Waals surface area contributed by atoms with Gasteiger partial charge >= 0.3 is 0 Å². The Hall–Kier alpha value is -0.120. The molecular weight excluding hydrogens is 176 g/mol. The Bertz CT molecular complexity index is 118. The molecule has 14 heavy (non-hydrogen) atoms. The number of nitrogens with zero attached hydrogens (tertiary/aromatic N) is 1. The van der Waals surface area contributed by atoms with Gasteiger partial charge in [-0.15, -0.1) is 0 Å². The monoisotopic (exact) mass is 202 g/mol. The molecule has 86 valence electrons. The van der Waals surface area contributed by atoms with Crippen LogP contribution in [0, 0.1) is 5.92 Å². The molecule has 0 saturated heterocycles.